The number of nitrogens with one attached hydrogen (secondary N) is 1. The van der Waals surface area contributed by atoms with Gasteiger partial charge in [0, 0.05) is 10.3 Å². The zero-order chi connectivity index (χ0) is 14.4. The fraction of sp³-hybridized carbons (Fsp3) is 0.308. The third-order valence-corrected chi connectivity index (χ3v) is 5.22. The van der Waals surface area contributed by atoms with Gasteiger partial charge >= 0.3 is 0 Å². The molecule has 0 aliphatic rings. The number of thioether (sulfide) groups is 1. The summed E-state index contributed by atoms with van der Waals surface area (Å²) in [5, 5.41) is 13.7. The molecular formula is C13H13N3OS3. The Balaban J connectivity index is 1.95. The molecule has 2 rings (SSSR count). The Kier molecular flexibility index (Phi) is 5.59. The average molecular weight is 323 g/mol. The summed E-state index contributed by atoms with van der Waals surface area (Å²) in [6.45, 7) is 2.13. The molecule has 0 radical (unpaired) electrons. The second-order valence-corrected chi connectivity index (χ2v) is 6.87. The average Bonchev–Trinajstić information content (AvgIpc) is 3.07. The SMILES string of the molecule is CCc1ccc(-c2csc(NC(=O)CSCC#N)n2)s1. The number of nitrogens with zero attached hydrogens (tertiary/aromatic N) is 2. The van der Waals surface area contributed by atoms with Crippen LogP contribution in [0.2, 0.25) is 0 Å². The van der Waals surface area contributed by atoms with E-state index in [2.05, 4.69) is 29.4 Å². The van der Waals surface area contributed by atoms with E-state index in [4.69, 9.17) is 5.26 Å². The Morgan fingerprint density at radius 2 is 2.40 bits per heavy atom. The molecule has 0 bridgehead atoms. The lowest BCUT2D eigenvalue weighted by atomic mass is 10.3. The maximum absolute atomic E-state index is 11.6. The predicted octanol–water partition coefficient (Wildman–Crippen LogP) is 3.63. The zero-order valence-electron chi connectivity index (χ0n) is 10.9. The largest absolute Gasteiger partial charge is 0.301 e. The number of aromatic nitrogens is 1. The van der Waals surface area contributed by atoms with Crippen LogP contribution in [0.4, 0.5) is 5.13 Å². The Bertz CT molecular complexity index is 627. The topological polar surface area (TPSA) is 65.8 Å². The van der Waals surface area contributed by atoms with E-state index in [1.807, 2.05) is 11.4 Å². The van der Waals surface area contributed by atoms with Gasteiger partial charge in [0.25, 0.3) is 0 Å². The van der Waals surface area contributed by atoms with E-state index in [1.165, 1.54) is 28.0 Å². The van der Waals surface area contributed by atoms with Gasteiger partial charge in [0.15, 0.2) is 5.13 Å². The van der Waals surface area contributed by atoms with Gasteiger partial charge in [0.05, 0.1) is 28.1 Å². The van der Waals surface area contributed by atoms with Gasteiger partial charge in [-0.25, -0.2) is 4.98 Å². The lowest BCUT2D eigenvalue weighted by Gasteiger charge is -1.98. The molecule has 2 aromatic rings. The van der Waals surface area contributed by atoms with Gasteiger partial charge in [-0.2, -0.15) is 5.26 Å². The van der Waals surface area contributed by atoms with Crippen molar-refractivity contribution in [1.29, 1.82) is 5.26 Å². The van der Waals surface area contributed by atoms with Crippen molar-refractivity contribution < 1.29 is 4.79 Å². The standard InChI is InChI=1S/C13H13N3OS3/c1-2-9-3-4-11(20-9)10-7-19-13(15-10)16-12(17)8-18-6-5-14/h3-4,7H,2,6,8H2,1H3,(H,15,16,17). The highest BCUT2D eigenvalue weighted by Crippen LogP contribution is 2.30. The monoisotopic (exact) mass is 323 g/mol. The van der Waals surface area contributed by atoms with Gasteiger partial charge in [-0.3, -0.25) is 4.79 Å². The lowest BCUT2D eigenvalue weighted by Crippen LogP contribution is -2.13. The summed E-state index contributed by atoms with van der Waals surface area (Å²) in [5.41, 5.74) is 0.902. The molecule has 4 nitrogen and oxygen atoms in total. The minimum absolute atomic E-state index is 0.119. The van der Waals surface area contributed by atoms with Crippen LogP contribution in [0.25, 0.3) is 10.6 Å². The maximum Gasteiger partial charge on any atom is 0.236 e. The summed E-state index contributed by atoms with van der Waals surface area (Å²) in [6.07, 6.45) is 1.02. The molecular weight excluding hydrogens is 310 g/mol. The number of hydrogen-bond donors (Lipinski definition) is 1. The smallest absolute Gasteiger partial charge is 0.236 e. The van der Waals surface area contributed by atoms with Crippen LogP contribution in [0, 0.1) is 11.3 Å². The van der Waals surface area contributed by atoms with Crippen molar-refractivity contribution in [2.24, 2.45) is 0 Å². The first-order valence-electron chi connectivity index (χ1n) is 6.02. The molecule has 0 aliphatic carbocycles. The molecule has 0 spiro atoms. The van der Waals surface area contributed by atoms with E-state index < -0.39 is 0 Å². The van der Waals surface area contributed by atoms with Gasteiger partial charge in [-0.15, -0.1) is 34.4 Å². The molecule has 0 saturated heterocycles. The second kappa shape index (κ2) is 7.43. The number of hydrogen-bond acceptors (Lipinski definition) is 6. The molecule has 2 aromatic heterocycles. The number of thiophene rings is 1. The molecule has 0 unspecified atom stereocenters. The van der Waals surface area contributed by atoms with Crippen molar-refractivity contribution in [2.45, 2.75) is 13.3 Å². The zero-order valence-corrected chi connectivity index (χ0v) is 13.3. The van der Waals surface area contributed by atoms with E-state index in [-0.39, 0.29) is 11.7 Å². The van der Waals surface area contributed by atoms with Gasteiger partial charge < -0.3 is 5.32 Å². The van der Waals surface area contributed by atoms with Crippen molar-refractivity contribution in [3.63, 3.8) is 0 Å². The molecule has 0 saturated carbocycles. The molecule has 1 N–H and O–H groups in total. The van der Waals surface area contributed by atoms with E-state index in [0.717, 1.165) is 17.0 Å². The van der Waals surface area contributed by atoms with Crippen LogP contribution >= 0.6 is 34.4 Å². The van der Waals surface area contributed by atoms with Crippen molar-refractivity contribution in [1.82, 2.24) is 4.98 Å². The third-order valence-electron chi connectivity index (χ3n) is 2.41. The third kappa shape index (κ3) is 4.07. The molecule has 0 aliphatic heterocycles. The van der Waals surface area contributed by atoms with E-state index in [1.54, 1.807) is 11.3 Å². The number of carbonyl (C=O) groups is 1. The Morgan fingerprint density at radius 1 is 1.55 bits per heavy atom. The van der Waals surface area contributed by atoms with Crippen LogP contribution in [0.15, 0.2) is 17.5 Å². The van der Waals surface area contributed by atoms with Gasteiger partial charge in [0.2, 0.25) is 5.91 Å². The quantitative estimate of drug-likeness (QED) is 0.824. The minimum atomic E-state index is -0.119. The second-order valence-electron chi connectivity index (χ2n) is 3.86. The predicted molar refractivity (Wildman–Crippen MR) is 86.4 cm³/mol. The lowest BCUT2D eigenvalue weighted by molar-refractivity contribution is -0.113. The summed E-state index contributed by atoms with van der Waals surface area (Å²) >= 11 is 4.44. The number of aryl methyl sites for hydroxylation is 1. The first-order valence-corrected chi connectivity index (χ1v) is 8.87. The van der Waals surface area contributed by atoms with E-state index >= 15 is 0 Å². The summed E-state index contributed by atoms with van der Waals surface area (Å²) in [7, 11) is 0. The van der Waals surface area contributed by atoms with Crippen molar-refractivity contribution in [3.8, 4) is 16.6 Å². The highest BCUT2D eigenvalue weighted by Gasteiger charge is 2.09. The number of anilines is 1. The summed E-state index contributed by atoms with van der Waals surface area (Å²) in [6, 6.07) is 6.16. The van der Waals surface area contributed by atoms with Crippen LogP contribution in [-0.4, -0.2) is 22.4 Å². The fourth-order valence-electron chi connectivity index (χ4n) is 1.49. The molecule has 104 valence electrons. The fourth-order valence-corrected chi connectivity index (χ4v) is 3.66. The summed E-state index contributed by atoms with van der Waals surface area (Å²) < 4.78 is 0. The van der Waals surface area contributed by atoms with E-state index in [0.29, 0.717) is 10.9 Å². The van der Waals surface area contributed by atoms with Gasteiger partial charge in [-0.1, -0.05) is 6.92 Å². The Morgan fingerprint density at radius 3 is 3.10 bits per heavy atom. The highest BCUT2D eigenvalue weighted by molar-refractivity contribution is 8.00. The van der Waals surface area contributed by atoms with Crippen LogP contribution in [-0.2, 0) is 11.2 Å². The van der Waals surface area contributed by atoms with Crippen LogP contribution in [0.1, 0.15) is 11.8 Å². The number of carbonyl (C=O) groups excluding carboxylic acids is 1. The first-order chi connectivity index (χ1) is 9.72. The van der Waals surface area contributed by atoms with Crippen molar-refractivity contribution >= 4 is 45.5 Å². The Hall–Kier alpha value is -1.36. The molecule has 2 heterocycles. The Labute approximate surface area is 129 Å². The van der Waals surface area contributed by atoms with Crippen LogP contribution in [0.3, 0.4) is 0 Å². The molecule has 20 heavy (non-hydrogen) atoms. The summed E-state index contributed by atoms with van der Waals surface area (Å²) in [4.78, 5) is 18.5. The molecule has 0 aromatic carbocycles. The molecule has 0 atom stereocenters. The first kappa shape index (κ1) is 15.0. The normalized spacial score (nSPS) is 10.2. The van der Waals surface area contributed by atoms with Crippen LogP contribution < -0.4 is 5.32 Å². The van der Waals surface area contributed by atoms with Gasteiger partial charge in [-0.05, 0) is 18.6 Å². The molecule has 7 heteroatoms. The number of rotatable bonds is 6. The minimum Gasteiger partial charge on any atom is -0.301 e. The van der Waals surface area contributed by atoms with Crippen molar-refractivity contribution in [2.75, 3.05) is 16.8 Å². The van der Waals surface area contributed by atoms with Gasteiger partial charge in [0.1, 0.15) is 0 Å². The molecule has 0 fully saturated rings. The highest BCUT2D eigenvalue weighted by atomic mass is 32.2. The van der Waals surface area contributed by atoms with Crippen LogP contribution in [0.5, 0.6) is 0 Å². The maximum atomic E-state index is 11.6. The number of nitriles is 1. The number of thiazole rings is 1. The number of amides is 1. The summed E-state index contributed by atoms with van der Waals surface area (Å²) in [5.74, 6) is 0.485. The van der Waals surface area contributed by atoms with Crippen molar-refractivity contribution in [3.05, 3.63) is 22.4 Å². The van der Waals surface area contributed by atoms with E-state index in [9.17, 15) is 4.79 Å². The molecule has 1 amide bonds.